The predicted molar refractivity (Wildman–Crippen MR) is 51.4 cm³/mol. The Hall–Kier alpha value is -1.97. The Morgan fingerprint density at radius 2 is 1.93 bits per heavy atom. The second-order valence-electron chi connectivity index (χ2n) is 3.07. The number of rotatable bonds is 0. The lowest BCUT2D eigenvalue weighted by Crippen LogP contribution is -2.05. The molecule has 0 amide bonds. The van der Waals surface area contributed by atoms with Gasteiger partial charge in [0.2, 0.25) is 0 Å². The van der Waals surface area contributed by atoms with E-state index in [9.17, 15) is 15.0 Å². The maximum Gasteiger partial charge on any atom is 0.197 e. The number of phenols is 2. The molecule has 71 valence electrons. The highest BCUT2D eigenvalue weighted by atomic mass is 16.3. The average molecular weight is 190 g/mol. The van der Waals surface area contributed by atoms with Crippen LogP contribution < -0.4 is 5.43 Å². The Bertz CT molecular complexity index is 557. The molecule has 4 heteroatoms. The molecular weight excluding hydrogens is 182 g/mol. The van der Waals surface area contributed by atoms with Gasteiger partial charge in [0.1, 0.15) is 0 Å². The van der Waals surface area contributed by atoms with Crippen LogP contribution in [0.25, 0.3) is 10.9 Å². The highest BCUT2D eigenvalue weighted by Crippen LogP contribution is 2.27. The summed E-state index contributed by atoms with van der Waals surface area (Å²) in [6, 6.07) is 5.09. The molecule has 14 heavy (non-hydrogen) atoms. The van der Waals surface area contributed by atoms with Crippen molar-refractivity contribution in [2.45, 2.75) is 0 Å². The predicted octanol–water partition coefficient (Wildman–Crippen LogP) is 0.750. The van der Waals surface area contributed by atoms with Gasteiger partial charge in [-0.3, -0.25) is 4.79 Å². The van der Waals surface area contributed by atoms with E-state index in [0.29, 0.717) is 10.9 Å². The smallest absolute Gasteiger partial charge is 0.197 e. The molecule has 0 unspecified atom stereocenters. The number of aromatic nitrogens is 1. The van der Waals surface area contributed by atoms with E-state index in [1.165, 1.54) is 18.3 Å². The zero-order chi connectivity index (χ0) is 10.3. The van der Waals surface area contributed by atoms with Crippen molar-refractivity contribution in [3.05, 3.63) is 34.6 Å². The zero-order valence-electron chi connectivity index (χ0n) is 7.48. The maximum atomic E-state index is 11.3. The van der Waals surface area contributed by atoms with Gasteiger partial charge in [-0.1, -0.05) is 0 Å². The highest BCUT2D eigenvalue weighted by molar-refractivity contribution is 5.82. The summed E-state index contributed by atoms with van der Waals surface area (Å²) in [5, 5.41) is 18.8. The molecule has 2 N–H and O–H groups in total. The fourth-order valence-electron chi connectivity index (χ4n) is 1.34. The number of hydrogen-bond donors (Lipinski definition) is 2. The van der Waals surface area contributed by atoms with E-state index in [1.54, 1.807) is 11.6 Å². The minimum Gasteiger partial charge on any atom is -0.504 e. The lowest BCUT2D eigenvalue weighted by molar-refractivity contribution is 0.404. The summed E-state index contributed by atoms with van der Waals surface area (Å²) in [6.07, 6.45) is 1.49. The number of aromatic hydroxyl groups is 2. The number of hydrogen-bond acceptors (Lipinski definition) is 3. The van der Waals surface area contributed by atoms with Crippen LogP contribution in [0.1, 0.15) is 0 Å². The lowest BCUT2D eigenvalue weighted by Gasteiger charge is -2.05. The number of phenolic OH excluding ortho intramolecular Hbond substituents is 2. The third-order valence-electron chi connectivity index (χ3n) is 2.11. The van der Waals surface area contributed by atoms with Crippen LogP contribution in [0.5, 0.6) is 11.5 Å². The van der Waals surface area contributed by atoms with Gasteiger partial charge in [-0.05, 0) is 6.07 Å². The van der Waals surface area contributed by atoms with E-state index in [4.69, 9.17) is 0 Å². The van der Waals surface area contributed by atoms with Gasteiger partial charge in [0.25, 0.3) is 0 Å². The molecule has 0 saturated carbocycles. The van der Waals surface area contributed by atoms with Crippen LogP contribution in [-0.4, -0.2) is 14.8 Å². The molecule has 0 bridgehead atoms. The summed E-state index contributed by atoms with van der Waals surface area (Å²) < 4.78 is 1.65. The SMILES string of the molecule is Cn1c[c]c(=O)c2cc(O)c(O)cc21. The third kappa shape index (κ3) is 1.12. The van der Waals surface area contributed by atoms with Crippen LogP contribution >= 0.6 is 0 Å². The molecule has 0 aliphatic heterocycles. The molecule has 4 nitrogen and oxygen atoms in total. The topological polar surface area (TPSA) is 62.5 Å². The Morgan fingerprint density at radius 1 is 1.29 bits per heavy atom. The van der Waals surface area contributed by atoms with Crippen LogP contribution in [0.2, 0.25) is 0 Å². The lowest BCUT2D eigenvalue weighted by atomic mass is 10.2. The first-order valence-electron chi connectivity index (χ1n) is 4.02. The molecule has 0 aliphatic rings. The van der Waals surface area contributed by atoms with Crippen LogP contribution in [-0.2, 0) is 7.05 Å². The van der Waals surface area contributed by atoms with Crippen molar-refractivity contribution >= 4 is 10.9 Å². The Kier molecular flexibility index (Phi) is 1.70. The first kappa shape index (κ1) is 8.62. The second-order valence-corrected chi connectivity index (χ2v) is 3.07. The summed E-state index contributed by atoms with van der Waals surface area (Å²) in [4.78, 5) is 11.3. The van der Waals surface area contributed by atoms with E-state index in [2.05, 4.69) is 6.07 Å². The Morgan fingerprint density at radius 3 is 2.64 bits per heavy atom. The van der Waals surface area contributed by atoms with Crippen LogP contribution in [0, 0.1) is 6.07 Å². The standard InChI is InChI=1S/C10H8NO3/c1-11-3-2-8(12)6-4-9(13)10(14)5-7(6)11/h3-5,13-14H,1H3. The first-order valence-corrected chi connectivity index (χ1v) is 4.02. The summed E-state index contributed by atoms with van der Waals surface area (Å²) in [6.45, 7) is 0. The molecule has 0 aliphatic carbocycles. The monoisotopic (exact) mass is 190 g/mol. The molecule has 1 radical (unpaired) electrons. The van der Waals surface area contributed by atoms with E-state index in [-0.39, 0.29) is 16.9 Å². The van der Waals surface area contributed by atoms with Crippen molar-refractivity contribution in [2.24, 2.45) is 7.05 Å². The minimum atomic E-state index is -0.298. The van der Waals surface area contributed by atoms with Gasteiger partial charge >= 0.3 is 0 Å². The van der Waals surface area contributed by atoms with Crippen LogP contribution in [0.3, 0.4) is 0 Å². The minimum absolute atomic E-state index is 0.237. The number of nitrogens with zero attached hydrogens (tertiary/aromatic N) is 1. The van der Waals surface area contributed by atoms with Gasteiger partial charge in [-0.15, -0.1) is 0 Å². The molecule has 0 saturated heterocycles. The van der Waals surface area contributed by atoms with Crippen molar-refractivity contribution in [1.82, 2.24) is 4.57 Å². The van der Waals surface area contributed by atoms with Gasteiger partial charge in [0.15, 0.2) is 16.9 Å². The summed E-state index contributed by atoms with van der Waals surface area (Å²) >= 11 is 0. The fraction of sp³-hybridized carbons (Fsp3) is 0.100. The summed E-state index contributed by atoms with van der Waals surface area (Å²) in [7, 11) is 1.73. The van der Waals surface area contributed by atoms with Crippen molar-refractivity contribution < 1.29 is 10.2 Å². The summed E-state index contributed by atoms with van der Waals surface area (Å²) in [5.41, 5.74) is 0.262. The normalized spacial score (nSPS) is 10.6. The molecule has 0 atom stereocenters. The first-order chi connectivity index (χ1) is 6.59. The van der Waals surface area contributed by atoms with Crippen molar-refractivity contribution in [2.75, 3.05) is 0 Å². The van der Waals surface area contributed by atoms with Gasteiger partial charge in [-0.25, -0.2) is 0 Å². The number of pyridine rings is 1. The van der Waals surface area contributed by atoms with Crippen molar-refractivity contribution in [1.29, 1.82) is 0 Å². The molecule has 0 spiro atoms. The molecule has 1 aromatic heterocycles. The fourth-order valence-corrected chi connectivity index (χ4v) is 1.34. The average Bonchev–Trinajstić information content (AvgIpc) is 2.15. The van der Waals surface area contributed by atoms with Crippen LogP contribution in [0.4, 0.5) is 0 Å². The van der Waals surface area contributed by atoms with Gasteiger partial charge in [0, 0.05) is 19.3 Å². The molecular formula is C10H8NO3. The van der Waals surface area contributed by atoms with Crippen molar-refractivity contribution in [3.63, 3.8) is 0 Å². The van der Waals surface area contributed by atoms with E-state index in [1.807, 2.05) is 0 Å². The third-order valence-corrected chi connectivity index (χ3v) is 2.11. The highest BCUT2D eigenvalue weighted by Gasteiger charge is 2.06. The summed E-state index contributed by atoms with van der Waals surface area (Å²) in [5.74, 6) is -0.534. The largest absolute Gasteiger partial charge is 0.504 e. The molecule has 1 aromatic carbocycles. The number of fused-ring (bicyclic) bond motifs is 1. The second kappa shape index (κ2) is 2.77. The van der Waals surface area contributed by atoms with Gasteiger partial charge < -0.3 is 14.8 Å². The molecule has 1 heterocycles. The number of aryl methyl sites for hydroxylation is 1. The van der Waals surface area contributed by atoms with Gasteiger partial charge in [0.05, 0.1) is 17.0 Å². The van der Waals surface area contributed by atoms with Gasteiger partial charge in [-0.2, -0.15) is 0 Å². The number of benzene rings is 1. The molecule has 0 fully saturated rings. The zero-order valence-corrected chi connectivity index (χ0v) is 7.48. The quantitative estimate of drug-likeness (QED) is 0.602. The van der Waals surface area contributed by atoms with E-state index >= 15 is 0 Å². The van der Waals surface area contributed by atoms with E-state index < -0.39 is 0 Å². The molecule has 2 rings (SSSR count). The molecule has 2 aromatic rings. The van der Waals surface area contributed by atoms with Crippen LogP contribution in [0.15, 0.2) is 23.1 Å². The van der Waals surface area contributed by atoms with Crippen molar-refractivity contribution in [3.8, 4) is 11.5 Å². The van der Waals surface area contributed by atoms with E-state index in [0.717, 1.165) is 0 Å². The Labute approximate surface area is 79.7 Å². The Balaban J connectivity index is 3.02. The maximum absolute atomic E-state index is 11.3.